The Labute approximate surface area is 76.2 Å². The average molecular weight is 171 g/mol. The van der Waals surface area contributed by atoms with Crippen molar-refractivity contribution < 1.29 is 0 Å². The Morgan fingerprint density at radius 1 is 1.46 bits per heavy atom. The molecular formula is C10H9N3. The maximum Gasteiger partial charge on any atom is 0.137 e. The Hall–Kier alpha value is -1.79. The highest BCUT2D eigenvalue weighted by Gasteiger charge is 1.95. The zero-order valence-electron chi connectivity index (χ0n) is 7.07. The maximum atomic E-state index is 5.30. The molecule has 0 aromatic carbocycles. The molecule has 2 aromatic rings. The van der Waals surface area contributed by atoms with Gasteiger partial charge >= 0.3 is 0 Å². The first kappa shape index (κ1) is 7.84. The summed E-state index contributed by atoms with van der Waals surface area (Å²) in [6.07, 6.45) is 3.64. The molecule has 0 unspecified atom stereocenters. The fraction of sp³-hybridized carbons (Fsp3) is 0.100. The van der Waals surface area contributed by atoms with Crippen LogP contribution in [0.25, 0.3) is 5.65 Å². The molecule has 0 saturated heterocycles. The van der Waals surface area contributed by atoms with E-state index in [-0.39, 0.29) is 0 Å². The van der Waals surface area contributed by atoms with Gasteiger partial charge in [0.05, 0.1) is 12.2 Å². The molecule has 0 amide bonds. The summed E-state index contributed by atoms with van der Waals surface area (Å²) in [4.78, 5) is 4.15. The summed E-state index contributed by atoms with van der Waals surface area (Å²) < 4.78 is 1.93. The largest absolute Gasteiger partial charge is 0.320 e. The van der Waals surface area contributed by atoms with Crippen LogP contribution in [0.3, 0.4) is 0 Å². The quantitative estimate of drug-likeness (QED) is 0.591. The highest BCUT2D eigenvalue weighted by molar-refractivity contribution is 5.44. The van der Waals surface area contributed by atoms with Crippen molar-refractivity contribution in [2.24, 2.45) is 5.73 Å². The zero-order valence-corrected chi connectivity index (χ0v) is 7.07. The lowest BCUT2D eigenvalue weighted by Crippen LogP contribution is -1.95. The van der Waals surface area contributed by atoms with Crippen molar-refractivity contribution in [3.8, 4) is 11.8 Å². The number of hydrogen-bond acceptors (Lipinski definition) is 2. The molecule has 2 aromatic heterocycles. The molecular weight excluding hydrogens is 162 g/mol. The zero-order chi connectivity index (χ0) is 9.10. The molecule has 64 valence electrons. The summed E-state index contributed by atoms with van der Waals surface area (Å²) in [5, 5.41) is 0. The minimum atomic E-state index is 0.380. The Bertz CT molecular complexity index is 473. The number of rotatable bonds is 0. The third-order valence-electron chi connectivity index (χ3n) is 1.75. The fourth-order valence-corrected chi connectivity index (χ4v) is 1.19. The van der Waals surface area contributed by atoms with E-state index in [2.05, 4.69) is 16.8 Å². The number of pyridine rings is 1. The van der Waals surface area contributed by atoms with Crippen LogP contribution in [0, 0.1) is 11.8 Å². The first-order valence-corrected chi connectivity index (χ1v) is 4.03. The summed E-state index contributed by atoms with van der Waals surface area (Å²) in [6.45, 7) is 0.380. The Morgan fingerprint density at radius 2 is 2.38 bits per heavy atom. The van der Waals surface area contributed by atoms with Gasteiger partial charge in [-0.25, -0.2) is 4.98 Å². The molecule has 0 aliphatic rings. The highest BCUT2D eigenvalue weighted by atomic mass is 15.0. The van der Waals surface area contributed by atoms with Crippen molar-refractivity contribution in [1.82, 2.24) is 9.38 Å². The van der Waals surface area contributed by atoms with Crippen LogP contribution in [0.1, 0.15) is 5.69 Å². The van der Waals surface area contributed by atoms with Crippen molar-refractivity contribution in [1.29, 1.82) is 0 Å². The van der Waals surface area contributed by atoms with E-state index < -0.39 is 0 Å². The average Bonchev–Trinajstić information content (AvgIpc) is 2.62. The lowest BCUT2D eigenvalue weighted by molar-refractivity contribution is 1.15. The minimum Gasteiger partial charge on any atom is -0.320 e. The van der Waals surface area contributed by atoms with Crippen molar-refractivity contribution >= 4 is 5.65 Å². The Kier molecular flexibility index (Phi) is 1.99. The molecule has 13 heavy (non-hydrogen) atoms. The third-order valence-corrected chi connectivity index (χ3v) is 1.75. The van der Waals surface area contributed by atoms with Crippen LogP contribution in [-0.4, -0.2) is 15.9 Å². The number of hydrogen-bond donors (Lipinski definition) is 1. The second-order valence-corrected chi connectivity index (χ2v) is 2.57. The van der Waals surface area contributed by atoms with Gasteiger partial charge in [-0.3, -0.25) is 4.40 Å². The van der Waals surface area contributed by atoms with Gasteiger partial charge in [-0.1, -0.05) is 12.0 Å². The molecule has 0 atom stereocenters. The van der Waals surface area contributed by atoms with Gasteiger partial charge in [0.25, 0.3) is 0 Å². The molecule has 2 heterocycles. The van der Waals surface area contributed by atoms with Crippen molar-refractivity contribution in [3.63, 3.8) is 0 Å². The highest BCUT2D eigenvalue weighted by Crippen LogP contribution is 2.03. The molecule has 2 N–H and O–H groups in total. The predicted octanol–water partition coefficient (Wildman–Crippen LogP) is 0.644. The number of fused-ring (bicyclic) bond motifs is 1. The van der Waals surface area contributed by atoms with Crippen LogP contribution in [-0.2, 0) is 0 Å². The summed E-state index contributed by atoms with van der Waals surface area (Å²) >= 11 is 0. The van der Waals surface area contributed by atoms with Crippen LogP contribution < -0.4 is 5.73 Å². The van der Waals surface area contributed by atoms with E-state index in [4.69, 9.17) is 5.73 Å². The van der Waals surface area contributed by atoms with Crippen LogP contribution in [0.2, 0.25) is 0 Å². The molecule has 0 radical (unpaired) electrons. The molecule has 0 bridgehead atoms. The number of nitrogens with two attached hydrogens (primary N) is 1. The second-order valence-electron chi connectivity index (χ2n) is 2.57. The minimum absolute atomic E-state index is 0.380. The smallest absolute Gasteiger partial charge is 0.137 e. The van der Waals surface area contributed by atoms with Gasteiger partial charge in [-0.2, -0.15) is 0 Å². The van der Waals surface area contributed by atoms with Crippen LogP contribution in [0.15, 0.2) is 30.6 Å². The van der Waals surface area contributed by atoms with E-state index in [1.165, 1.54) is 0 Å². The van der Waals surface area contributed by atoms with Gasteiger partial charge in [-0.05, 0) is 18.1 Å². The van der Waals surface area contributed by atoms with Crippen molar-refractivity contribution in [2.45, 2.75) is 0 Å². The van der Waals surface area contributed by atoms with Gasteiger partial charge in [0.15, 0.2) is 0 Å². The Balaban J connectivity index is 2.61. The summed E-state index contributed by atoms with van der Waals surface area (Å²) in [7, 11) is 0. The van der Waals surface area contributed by atoms with Gasteiger partial charge in [0.2, 0.25) is 0 Å². The molecule has 0 fully saturated rings. The normalized spacial score (nSPS) is 9.62. The van der Waals surface area contributed by atoms with Gasteiger partial charge in [0.1, 0.15) is 5.65 Å². The van der Waals surface area contributed by atoms with Gasteiger partial charge < -0.3 is 5.73 Å². The first-order valence-electron chi connectivity index (χ1n) is 4.03. The third kappa shape index (κ3) is 1.40. The predicted molar refractivity (Wildman–Crippen MR) is 51.1 cm³/mol. The maximum absolute atomic E-state index is 5.30. The topological polar surface area (TPSA) is 43.3 Å². The van der Waals surface area contributed by atoms with E-state index in [1.807, 2.05) is 28.8 Å². The van der Waals surface area contributed by atoms with Crippen LogP contribution in [0.5, 0.6) is 0 Å². The molecule has 3 heteroatoms. The molecule has 3 nitrogen and oxygen atoms in total. The molecule has 0 spiro atoms. The summed E-state index contributed by atoms with van der Waals surface area (Å²) in [5.41, 5.74) is 7.12. The SMILES string of the molecule is NCC#Cc1cccc2nccn12. The standard InChI is InChI=1S/C10H9N3/c11-6-2-4-9-3-1-5-10-12-7-8-13(9)10/h1,3,5,7-8H,6,11H2. The molecule has 0 aliphatic carbocycles. The number of aromatic nitrogens is 2. The van der Waals surface area contributed by atoms with Crippen molar-refractivity contribution in [3.05, 3.63) is 36.3 Å². The fourth-order valence-electron chi connectivity index (χ4n) is 1.19. The van der Waals surface area contributed by atoms with E-state index in [0.717, 1.165) is 11.3 Å². The number of imidazole rings is 1. The van der Waals surface area contributed by atoms with Gasteiger partial charge in [-0.15, -0.1) is 0 Å². The monoisotopic (exact) mass is 171 g/mol. The van der Waals surface area contributed by atoms with E-state index in [9.17, 15) is 0 Å². The molecule has 0 aliphatic heterocycles. The van der Waals surface area contributed by atoms with Crippen molar-refractivity contribution in [2.75, 3.05) is 6.54 Å². The lowest BCUT2D eigenvalue weighted by atomic mass is 10.3. The molecule has 2 rings (SSSR count). The van der Waals surface area contributed by atoms with E-state index in [0.29, 0.717) is 6.54 Å². The molecule has 0 saturated carbocycles. The summed E-state index contributed by atoms with van der Waals surface area (Å²) in [5.74, 6) is 5.80. The van der Waals surface area contributed by atoms with Gasteiger partial charge in [0, 0.05) is 12.4 Å². The van der Waals surface area contributed by atoms with E-state index >= 15 is 0 Å². The number of nitrogens with zero attached hydrogens (tertiary/aromatic N) is 2. The van der Waals surface area contributed by atoms with Crippen LogP contribution in [0.4, 0.5) is 0 Å². The van der Waals surface area contributed by atoms with Crippen LogP contribution >= 0.6 is 0 Å². The lowest BCUT2D eigenvalue weighted by Gasteiger charge is -1.95. The van der Waals surface area contributed by atoms with E-state index in [1.54, 1.807) is 6.20 Å². The first-order chi connectivity index (χ1) is 6.42. The summed E-state index contributed by atoms with van der Waals surface area (Å²) in [6, 6.07) is 5.81. The Morgan fingerprint density at radius 3 is 3.23 bits per heavy atom. The second kappa shape index (κ2) is 3.30.